The van der Waals surface area contributed by atoms with Gasteiger partial charge in [-0.3, -0.25) is 15.1 Å². The van der Waals surface area contributed by atoms with E-state index < -0.39 is 0 Å². The van der Waals surface area contributed by atoms with Gasteiger partial charge in [0.15, 0.2) is 0 Å². The van der Waals surface area contributed by atoms with E-state index in [1.807, 2.05) is 66.7 Å². The van der Waals surface area contributed by atoms with Gasteiger partial charge < -0.3 is 5.32 Å². The fourth-order valence-electron chi connectivity index (χ4n) is 3.27. The molecule has 5 heteroatoms. The van der Waals surface area contributed by atoms with Crippen LogP contribution in [0, 0.1) is 10.1 Å². The molecule has 0 spiro atoms. The first-order valence-electron chi connectivity index (χ1n) is 8.44. The van der Waals surface area contributed by atoms with E-state index in [1.165, 1.54) is 0 Å². The second-order valence-corrected chi connectivity index (χ2v) is 6.16. The number of anilines is 1. The minimum Gasteiger partial charge on any atom is -0.376 e. The number of hydrogen-bond donors (Lipinski definition) is 1. The lowest BCUT2D eigenvalue weighted by Gasteiger charge is -2.19. The zero-order valence-electron chi connectivity index (χ0n) is 14.0. The van der Waals surface area contributed by atoms with Crippen LogP contribution in [0.25, 0.3) is 0 Å². The molecule has 5 nitrogen and oxygen atoms in total. The number of nitrogens with zero attached hydrogens (tertiary/aromatic N) is 2. The molecule has 0 bridgehead atoms. The molecule has 1 N–H and O–H groups in total. The predicted molar refractivity (Wildman–Crippen MR) is 103 cm³/mol. The van der Waals surface area contributed by atoms with Crippen LogP contribution in [0.5, 0.6) is 0 Å². The fourth-order valence-corrected chi connectivity index (χ4v) is 3.27. The third-order valence-corrected chi connectivity index (χ3v) is 4.50. The first-order valence-corrected chi connectivity index (χ1v) is 8.44. The van der Waals surface area contributed by atoms with Crippen LogP contribution in [0.2, 0.25) is 0 Å². The van der Waals surface area contributed by atoms with Gasteiger partial charge in [-0.25, -0.2) is 0 Å². The number of nitro groups is 1. The van der Waals surface area contributed by atoms with Crippen molar-refractivity contribution in [2.45, 2.75) is 12.5 Å². The van der Waals surface area contributed by atoms with Crippen molar-refractivity contribution in [3.05, 3.63) is 100 Å². The molecule has 3 aromatic rings. The topological polar surface area (TPSA) is 67.5 Å². The standard InChI is InChI=1S/C21H17N3O2/c25-24(26)21-13-7-4-10-16(21)20-14-19(15-8-2-1-3-9-15)22-17-11-5-6-12-18(17)23-20/h1-13,20,23H,14H2/t20-/m0/s1. The van der Waals surface area contributed by atoms with Crippen LogP contribution in [-0.4, -0.2) is 10.6 Å². The molecule has 0 radical (unpaired) electrons. The minimum atomic E-state index is -0.326. The van der Waals surface area contributed by atoms with Gasteiger partial charge in [0.1, 0.15) is 0 Å². The van der Waals surface area contributed by atoms with Crippen LogP contribution < -0.4 is 5.32 Å². The van der Waals surface area contributed by atoms with Gasteiger partial charge in [-0.15, -0.1) is 0 Å². The van der Waals surface area contributed by atoms with Crippen LogP contribution >= 0.6 is 0 Å². The number of aliphatic imine (C=N–C) groups is 1. The number of nitro benzene ring substituents is 1. The van der Waals surface area contributed by atoms with Gasteiger partial charge in [-0.2, -0.15) is 0 Å². The van der Waals surface area contributed by atoms with Gasteiger partial charge in [0.2, 0.25) is 0 Å². The molecule has 1 aliphatic heterocycles. The van der Waals surface area contributed by atoms with Crippen molar-refractivity contribution in [2.24, 2.45) is 4.99 Å². The summed E-state index contributed by atoms with van der Waals surface area (Å²) < 4.78 is 0. The minimum absolute atomic E-state index is 0.122. The van der Waals surface area contributed by atoms with Crippen LogP contribution in [0.15, 0.2) is 83.9 Å². The van der Waals surface area contributed by atoms with Gasteiger partial charge in [0, 0.05) is 12.5 Å². The maximum Gasteiger partial charge on any atom is 0.274 e. The molecule has 26 heavy (non-hydrogen) atoms. The van der Waals surface area contributed by atoms with E-state index in [1.54, 1.807) is 12.1 Å². The fraction of sp³-hybridized carbons (Fsp3) is 0.0952. The van der Waals surface area contributed by atoms with Crippen LogP contribution in [0.3, 0.4) is 0 Å². The number of benzene rings is 3. The van der Waals surface area contributed by atoms with E-state index in [0.717, 1.165) is 22.6 Å². The first kappa shape index (κ1) is 16.0. The zero-order chi connectivity index (χ0) is 17.9. The lowest BCUT2D eigenvalue weighted by molar-refractivity contribution is -0.385. The summed E-state index contributed by atoms with van der Waals surface area (Å²) in [4.78, 5) is 16.0. The van der Waals surface area contributed by atoms with E-state index >= 15 is 0 Å². The van der Waals surface area contributed by atoms with Gasteiger partial charge in [-0.05, 0) is 17.7 Å². The lowest BCUT2D eigenvalue weighted by Crippen LogP contribution is -2.15. The number of hydrogen-bond acceptors (Lipinski definition) is 4. The van der Waals surface area contributed by atoms with Crippen molar-refractivity contribution in [3.63, 3.8) is 0 Å². The average molecular weight is 343 g/mol. The molecule has 0 saturated heterocycles. The normalized spacial score (nSPS) is 16.0. The highest BCUT2D eigenvalue weighted by Crippen LogP contribution is 2.37. The van der Waals surface area contributed by atoms with E-state index in [9.17, 15) is 10.1 Å². The highest BCUT2D eigenvalue weighted by molar-refractivity contribution is 6.04. The van der Waals surface area contributed by atoms with Crippen molar-refractivity contribution in [1.82, 2.24) is 0 Å². The van der Waals surface area contributed by atoms with Gasteiger partial charge >= 0.3 is 0 Å². The Morgan fingerprint density at radius 2 is 1.62 bits per heavy atom. The largest absolute Gasteiger partial charge is 0.376 e. The Hall–Kier alpha value is -3.47. The second-order valence-electron chi connectivity index (χ2n) is 6.16. The van der Waals surface area contributed by atoms with Crippen molar-refractivity contribution in [3.8, 4) is 0 Å². The molecule has 0 aromatic heterocycles. The summed E-state index contributed by atoms with van der Waals surface area (Å²) in [6.45, 7) is 0. The summed E-state index contributed by atoms with van der Waals surface area (Å²) in [6.07, 6.45) is 0.559. The van der Waals surface area contributed by atoms with Crippen LogP contribution in [0.1, 0.15) is 23.6 Å². The Kier molecular flexibility index (Phi) is 4.19. The summed E-state index contributed by atoms with van der Waals surface area (Å²) in [5.41, 5.74) is 4.43. The van der Waals surface area contributed by atoms with E-state index in [2.05, 4.69) is 5.32 Å². The number of fused-ring (bicyclic) bond motifs is 1. The van der Waals surface area contributed by atoms with Crippen molar-refractivity contribution in [1.29, 1.82) is 0 Å². The quantitative estimate of drug-likeness (QED) is 0.520. The molecule has 1 aliphatic rings. The summed E-state index contributed by atoms with van der Waals surface area (Å²) in [6, 6.07) is 24.4. The van der Waals surface area contributed by atoms with Gasteiger partial charge in [0.05, 0.1) is 33.6 Å². The van der Waals surface area contributed by atoms with E-state index in [-0.39, 0.29) is 16.7 Å². The molecular formula is C21H17N3O2. The van der Waals surface area contributed by atoms with E-state index in [4.69, 9.17) is 4.99 Å². The highest BCUT2D eigenvalue weighted by Gasteiger charge is 2.26. The molecule has 0 unspecified atom stereocenters. The predicted octanol–water partition coefficient (Wildman–Crippen LogP) is 5.27. The maximum atomic E-state index is 11.5. The van der Waals surface area contributed by atoms with Crippen LogP contribution in [0.4, 0.5) is 17.1 Å². The molecule has 1 atom stereocenters. The molecular weight excluding hydrogens is 326 g/mol. The Morgan fingerprint density at radius 3 is 2.42 bits per heavy atom. The maximum absolute atomic E-state index is 11.5. The Bertz CT molecular complexity index is 983. The SMILES string of the molecule is O=[N+]([O-])c1ccccc1[C@@H]1CC(c2ccccc2)=Nc2ccccc2N1. The van der Waals surface area contributed by atoms with Gasteiger partial charge in [0.25, 0.3) is 5.69 Å². The molecule has 0 aliphatic carbocycles. The molecule has 0 amide bonds. The summed E-state index contributed by atoms with van der Waals surface area (Å²) >= 11 is 0. The Labute approximate surface area is 151 Å². The lowest BCUT2D eigenvalue weighted by atomic mass is 9.96. The van der Waals surface area contributed by atoms with Crippen molar-refractivity contribution >= 4 is 22.8 Å². The Morgan fingerprint density at radius 1 is 0.923 bits per heavy atom. The smallest absolute Gasteiger partial charge is 0.274 e. The third kappa shape index (κ3) is 3.07. The zero-order valence-corrected chi connectivity index (χ0v) is 14.0. The molecule has 4 rings (SSSR count). The second kappa shape index (κ2) is 6.80. The summed E-state index contributed by atoms with van der Waals surface area (Å²) in [5.74, 6) is 0. The number of para-hydroxylation sites is 3. The monoisotopic (exact) mass is 343 g/mol. The Balaban J connectivity index is 1.84. The van der Waals surface area contributed by atoms with Gasteiger partial charge in [-0.1, -0.05) is 60.7 Å². The number of rotatable bonds is 3. The first-order chi connectivity index (χ1) is 12.7. The average Bonchev–Trinajstić information content (AvgIpc) is 2.88. The molecule has 128 valence electrons. The molecule has 0 saturated carbocycles. The highest BCUT2D eigenvalue weighted by atomic mass is 16.6. The van der Waals surface area contributed by atoms with E-state index in [0.29, 0.717) is 12.0 Å². The summed E-state index contributed by atoms with van der Waals surface area (Å²) in [5, 5.41) is 14.9. The molecule has 1 heterocycles. The van der Waals surface area contributed by atoms with Crippen molar-refractivity contribution in [2.75, 3.05) is 5.32 Å². The summed E-state index contributed by atoms with van der Waals surface area (Å²) in [7, 11) is 0. The third-order valence-electron chi connectivity index (χ3n) is 4.50. The molecule has 3 aromatic carbocycles. The molecule has 0 fully saturated rings. The van der Waals surface area contributed by atoms with Crippen LogP contribution in [-0.2, 0) is 0 Å². The number of nitrogens with one attached hydrogen (secondary N) is 1. The van der Waals surface area contributed by atoms with Crippen molar-refractivity contribution < 1.29 is 4.92 Å².